The lowest BCUT2D eigenvalue weighted by molar-refractivity contribution is -0.152. The zero-order valence-corrected chi connectivity index (χ0v) is 21.9. The third-order valence-corrected chi connectivity index (χ3v) is 6.88. The maximum Gasteiger partial charge on any atom is 0.323 e. The molecule has 0 spiro atoms. The number of carbonyl (C=O) groups excluding carboxylic acids is 2. The van der Waals surface area contributed by atoms with Gasteiger partial charge in [0.05, 0.1) is 46.2 Å². The summed E-state index contributed by atoms with van der Waals surface area (Å²) in [6.45, 7) is 2.85. The van der Waals surface area contributed by atoms with E-state index in [4.69, 9.17) is 24.0 Å². The minimum Gasteiger partial charge on any atom is -0.497 e. The van der Waals surface area contributed by atoms with Crippen LogP contribution in [-0.4, -0.2) is 74.6 Å². The first-order valence-electron chi connectivity index (χ1n) is 12.7. The molecule has 1 amide bonds. The molecule has 37 heavy (non-hydrogen) atoms. The number of methoxy groups -OCH3 is 3. The van der Waals surface area contributed by atoms with Crippen LogP contribution in [0, 0.1) is 0 Å². The van der Waals surface area contributed by atoms with E-state index >= 15 is 0 Å². The smallest absolute Gasteiger partial charge is 0.323 e. The molecule has 2 aliphatic rings. The zero-order chi connectivity index (χ0) is 26.4. The average Bonchev–Trinajstić information content (AvgIpc) is 3.38. The van der Waals surface area contributed by atoms with Crippen molar-refractivity contribution in [2.75, 3.05) is 41.0 Å². The Kier molecular flexibility index (Phi) is 8.66. The molecule has 4 rings (SSSR count). The third kappa shape index (κ3) is 5.88. The molecule has 198 valence electrons. The maximum absolute atomic E-state index is 13.8. The van der Waals surface area contributed by atoms with Crippen molar-refractivity contribution >= 4 is 17.6 Å². The molecule has 2 aromatic rings. The first-order valence-corrected chi connectivity index (χ1v) is 12.7. The molecule has 1 fully saturated rings. The van der Waals surface area contributed by atoms with Gasteiger partial charge in [-0.25, -0.2) is 5.01 Å². The van der Waals surface area contributed by atoms with Crippen LogP contribution in [-0.2, 0) is 14.3 Å². The predicted octanol–water partition coefficient (Wildman–Crippen LogP) is 3.81. The van der Waals surface area contributed by atoms with Gasteiger partial charge in [-0.05, 0) is 50.6 Å². The molecule has 9 heteroatoms. The number of hydrazone groups is 1. The van der Waals surface area contributed by atoms with E-state index in [0.717, 1.165) is 29.7 Å². The van der Waals surface area contributed by atoms with E-state index in [1.165, 1.54) is 5.01 Å². The first-order chi connectivity index (χ1) is 18.0. The van der Waals surface area contributed by atoms with Crippen molar-refractivity contribution < 1.29 is 28.5 Å². The van der Waals surface area contributed by atoms with Crippen LogP contribution in [0.3, 0.4) is 0 Å². The Morgan fingerprint density at radius 1 is 1.00 bits per heavy atom. The molecular formula is C28H35N3O6. The van der Waals surface area contributed by atoms with Gasteiger partial charge in [0.2, 0.25) is 0 Å². The Morgan fingerprint density at radius 3 is 2.51 bits per heavy atom. The number of likely N-dealkylation sites (tertiary alicyclic amines) is 1. The summed E-state index contributed by atoms with van der Waals surface area (Å²) in [5.41, 5.74) is 2.49. The third-order valence-electron chi connectivity index (χ3n) is 6.88. The lowest BCUT2D eigenvalue weighted by atomic mass is 9.97. The van der Waals surface area contributed by atoms with Gasteiger partial charge in [-0.1, -0.05) is 18.6 Å². The van der Waals surface area contributed by atoms with Gasteiger partial charge in [-0.3, -0.25) is 14.5 Å². The summed E-state index contributed by atoms with van der Waals surface area (Å²) >= 11 is 0. The van der Waals surface area contributed by atoms with Gasteiger partial charge in [0.1, 0.15) is 23.3 Å². The monoisotopic (exact) mass is 509 g/mol. The number of carbonyl (C=O) groups is 2. The Hall–Kier alpha value is -3.59. The molecule has 0 aromatic heterocycles. The largest absolute Gasteiger partial charge is 0.497 e. The van der Waals surface area contributed by atoms with Crippen LogP contribution in [0.1, 0.15) is 49.8 Å². The van der Waals surface area contributed by atoms with Crippen LogP contribution in [0.15, 0.2) is 47.6 Å². The van der Waals surface area contributed by atoms with Crippen LogP contribution in [0.5, 0.6) is 17.2 Å². The standard InChI is InChI=1S/C28H35N3O6/c1-5-37-28(33)24-11-6-7-14-30(24)18-27(32)31-25(22-13-12-21(35-3)16-26(22)36-4)17-23(29-31)19-9-8-10-20(15-19)34-2/h8-10,12-13,15-16,24-25H,5-7,11,14,17-18H2,1-4H3. The number of hydrogen-bond acceptors (Lipinski definition) is 8. The van der Waals surface area contributed by atoms with Crippen molar-refractivity contribution in [3.63, 3.8) is 0 Å². The molecule has 2 heterocycles. The number of benzene rings is 2. The molecule has 2 aromatic carbocycles. The Bertz CT molecular complexity index is 1150. The van der Waals surface area contributed by atoms with Crippen molar-refractivity contribution in [2.45, 2.75) is 44.7 Å². The second kappa shape index (κ2) is 12.1. The van der Waals surface area contributed by atoms with Crippen molar-refractivity contribution in [1.82, 2.24) is 9.91 Å². The van der Waals surface area contributed by atoms with Gasteiger partial charge in [-0.15, -0.1) is 0 Å². The molecule has 0 N–H and O–H groups in total. The van der Waals surface area contributed by atoms with E-state index in [9.17, 15) is 9.59 Å². The summed E-state index contributed by atoms with van der Waals surface area (Å²) in [5, 5.41) is 6.33. The molecular weight excluding hydrogens is 474 g/mol. The molecule has 0 saturated carbocycles. The van der Waals surface area contributed by atoms with Crippen molar-refractivity contribution in [2.24, 2.45) is 5.10 Å². The van der Waals surface area contributed by atoms with Crippen LogP contribution in [0.4, 0.5) is 0 Å². The predicted molar refractivity (Wildman–Crippen MR) is 139 cm³/mol. The number of piperidine rings is 1. The fourth-order valence-electron chi connectivity index (χ4n) is 4.99. The van der Waals surface area contributed by atoms with Crippen LogP contribution in [0.25, 0.3) is 0 Å². The quantitative estimate of drug-likeness (QED) is 0.475. The number of esters is 1. The topological polar surface area (TPSA) is 89.9 Å². The summed E-state index contributed by atoms with van der Waals surface area (Å²) < 4.78 is 21.7. The first kappa shape index (κ1) is 26.5. The lowest BCUT2D eigenvalue weighted by Gasteiger charge is -2.34. The van der Waals surface area contributed by atoms with E-state index in [0.29, 0.717) is 43.2 Å². The molecule has 0 bridgehead atoms. The lowest BCUT2D eigenvalue weighted by Crippen LogP contribution is -2.49. The molecule has 2 unspecified atom stereocenters. The molecule has 1 saturated heterocycles. The van der Waals surface area contributed by atoms with E-state index in [1.54, 1.807) is 28.3 Å². The minimum absolute atomic E-state index is 0.0767. The fourth-order valence-corrected chi connectivity index (χ4v) is 4.99. The van der Waals surface area contributed by atoms with Crippen molar-refractivity contribution in [3.05, 3.63) is 53.6 Å². The van der Waals surface area contributed by atoms with E-state index in [1.807, 2.05) is 47.4 Å². The van der Waals surface area contributed by atoms with E-state index in [-0.39, 0.29) is 24.5 Å². The SMILES string of the molecule is CCOC(=O)C1CCCCN1CC(=O)N1N=C(c2cccc(OC)c2)CC1c1ccc(OC)cc1OC. The van der Waals surface area contributed by atoms with E-state index < -0.39 is 6.04 Å². The summed E-state index contributed by atoms with van der Waals surface area (Å²) in [4.78, 5) is 28.3. The van der Waals surface area contributed by atoms with Crippen LogP contribution in [0.2, 0.25) is 0 Å². The highest BCUT2D eigenvalue weighted by atomic mass is 16.5. The minimum atomic E-state index is -0.420. The van der Waals surface area contributed by atoms with Crippen molar-refractivity contribution in [1.29, 1.82) is 0 Å². The van der Waals surface area contributed by atoms with Crippen LogP contribution < -0.4 is 14.2 Å². The second-order valence-electron chi connectivity index (χ2n) is 9.08. The summed E-state index contributed by atoms with van der Waals surface area (Å²) in [6, 6.07) is 12.4. The van der Waals surface area contributed by atoms with Gasteiger partial charge in [0, 0.05) is 23.6 Å². The van der Waals surface area contributed by atoms with Gasteiger partial charge < -0.3 is 18.9 Å². The Balaban J connectivity index is 1.66. The molecule has 0 aliphatic carbocycles. The number of ether oxygens (including phenoxy) is 4. The molecule has 0 radical (unpaired) electrons. The number of rotatable bonds is 9. The van der Waals surface area contributed by atoms with Crippen LogP contribution >= 0.6 is 0 Å². The number of hydrogen-bond donors (Lipinski definition) is 0. The van der Waals surface area contributed by atoms with Gasteiger partial charge >= 0.3 is 5.97 Å². The highest BCUT2D eigenvalue weighted by molar-refractivity contribution is 6.03. The normalized spacial score (nSPS) is 19.8. The number of amides is 1. The number of nitrogens with zero attached hydrogens (tertiary/aromatic N) is 3. The van der Waals surface area contributed by atoms with Gasteiger partial charge in [-0.2, -0.15) is 5.10 Å². The summed E-state index contributed by atoms with van der Waals surface area (Å²) in [7, 11) is 4.82. The second-order valence-corrected chi connectivity index (χ2v) is 9.08. The highest BCUT2D eigenvalue weighted by Gasteiger charge is 2.38. The summed E-state index contributed by atoms with van der Waals surface area (Å²) in [6.07, 6.45) is 3.04. The van der Waals surface area contributed by atoms with Crippen molar-refractivity contribution in [3.8, 4) is 17.2 Å². The Morgan fingerprint density at radius 2 is 1.78 bits per heavy atom. The molecule has 2 aliphatic heterocycles. The maximum atomic E-state index is 13.8. The molecule has 9 nitrogen and oxygen atoms in total. The Labute approximate surface area is 217 Å². The van der Waals surface area contributed by atoms with Gasteiger partial charge in [0.15, 0.2) is 0 Å². The van der Waals surface area contributed by atoms with Gasteiger partial charge in [0.25, 0.3) is 5.91 Å². The average molecular weight is 510 g/mol. The zero-order valence-electron chi connectivity index (χ0n) is 21.9. The summed E-state index contributed by atoms with van der Waals surface area (Å²) in [5.74, 6) is 1.54. The fraction of sp³-hybridized carbons (Fsp3) is 0.464. The highest BCUT2D eigenvalue weighted by Crippen LogP contribution is 2.39. The molecule has 2 atom stereocenters. The van der Waals surface area contributed by atoms with E-state index in [2.05, 4.69) is 0 Å².